The Morgan fingerprint density at radius 2 is 1.94 bits per heavy atom. The highest BCUT2D eigenvalue weighted by molar-refractivity contribution is 9.10. The molecule has 0 bridgehead atoms. The van der Waals surface area contributed by atoms with Crippen molar-refractivity contribution in [1.82, 2.24) is 0 Å². The van der Waals surface area contributed by atoms with Crippen LogP contribution in [-0.2, 0) is 0 Å². The van der Waals surface area contributed by atoms with Gasteiger partial charge in [-0.3, -0.25) is 0 Å². The van der Waals surface area contributed by atoms with Crippen LogP contribution in [0.2, 0.25) is 18.1 Å². The maximum Gasteiger partial charge on any atom is 0.128 e. The van der Waals surface area contributed by atoms with E-state index >= 15 is 0 Å². The Morgan fingerprint density at radius 3 is 2.44 bits per heavy atom. The molecule has 0 saturated carbocycles. The van der Waals surface area contributed by atoms with Crippen LogP contribution in [0.25, 0.3) is 0 Å². The lowest BCUT2D eigenvalue weighted by atomic mass is 10.2. The Labute approximate surface area is 107 Å². The van der Waals surface area contributed by atoms with Crippen molar-refractivity contribution in [2.45, 2.75) is 32.0 Å². The van der Waals surface area contributed by atoms with Gasteiger partial charge in [0, 0.05) is 19.3 Å². The largest absolute Gasteiger partial charge is 0.493 e. The highest BCUT2D eigenvalue weighted by Gasteiger charge is 2.24. The van der Waals surface area contributed by atoms with E-state index in [1.54, 1.807) is 6.07 Å². The standard InChI is InChI=1S/C12H18BrFOSi/c1-12(2,16(3)4)8-15-11-6-9(13)5-10(14)7-11/h5-7,16H,8H2,1-4H3. The average molecular weight is 305 g/mol. The molecule has 1 nitrogen and oxygen atoms in total. The zero-order valence-electron chi connectivity index (χ0n) is 10.2. The second kappa shape index (κ2) is 5.32. The lowest BCUT2D eigenvalue weighted by molar-refractivity contribution is 0.275. The van der Waals surface area contributed by atoms with E-state index in [0.717, 1.165) is 0 Å². The smallest absolute Gasteiger partial charge is 0.128 e. The van der Waals surface area contributed by atoms with Gasteiger partial charge in [-0.2, -0.15) is 0 Å². The Morgan fingerprint density at radius 1 is 1.31 bits per heavy atom. The molecule has 0 saturated heterocycles. The first-order valence-electron chi connectivity index (χ1n) is 5.40. The Balaban J connectivity index is 2.68. The maximum absolute atomic E-state index is 13.1. The molecule has 16 heavy (non-hydrogen) atoms. The van der Waals surface area contributed by atoms with Gasteiger partial charge in [-0.15, -0.1) is 0 Å². The predicted octanol–water partition coefficient (Wildman–Crippen LogP) is 4.23. The molecule has 0 aliphatic heterocycles. The molecule has 0 radical (unpaired) electrons. The van der Waals surface area contributed by atoms with Crippen LogP contribution in [0.3, 0.4) is 0 Å². The molecule has 90 valence electrons. The maximum atomic E-state index is 13.1. The van der Waals surface area contributed by atoms with Gasteiger partial charge in [-0.05, 0) is 17.2 Å². The van der Waals surface area contributed by atoms with Gasteiger partial charge in [0.25, 0.3) is 0 Å². The van der Waals surface area contributed by atoms with Gasteiger partial charge in [-0.25, -0.2) is 4.39 Å². The molecule has 0 aromatic heterocycles. The van der Waals surface area contributed by atoms with E-state index in [4.69, 9.17) is 4.74 Å². The summed E-state index contributed by atoms with van der Waals surface area (Å²) in [7, 11) is -0.776. The fourth-order valence-electron chi connectivity index (χ4n) is 1.05. The van der Waals surface area contributed by atoms with Gasteiger partial charge in [0.1, 0.15) is 11.6 Å². The van der Waals surface area contributed by atoms with E-state index in [0.29, 0.717) is 16.8 Å². The fraction of sp³-hybridized carbons (Fsp3) is 0.500. The summed E-state index contributed by atoms with van der Waals surface area (Å²) in [6.07, 6.45) is 0. The second-order valence-corrected chi connectivity index (χ2v) is 9.83. The van der Waals surface area contributed by atoms with Crippen LogP contribution >= 0.6 is 15.9 Å². The minimum atomic E-state index is -0.776. The minimum absolute atomic E-state index is 0.221. The zero-order chi connectivity index (χ0) is 12.3. The van der Waals surface area contributed by atoms with Crippen LogP contribution in [0, 0.1) is 5.82 Å². The molecule has 0 aliphatic rings. The lowest BCUT2D eigenvalue weighted by Crippen LogP contribution is -2.27. The average Bonchev–Trinajstić information content (AvgIpc) is 2.13. The first-order valence-corrected chi connectivity index (χ1v) is 9.08. The number of hydrogen-bond donors (Lipinski definition) is 0. The van der Waals surface area contributed by atoms with Gasteiger partial charge in [0.05, 0.1) is 6.61 Å². The van der Waals surface area contributed by atoms with Gasteiger partial charge in [0.15, 0.2) is 0 Å². The molecule has 0 atom stereocenters. The van der Waals surface area contributed by atoms with E-state index in [9.17, 15) is 4.39 Å². The van der Waals surface area contributed by atoms with Crippen LogP contribution in [0.1, 0.15) is 13.8 Å². The summed E-state index contributed by atoms with van der Waals surface area (Å²) in [6.45, 7) is 9.65. The van der Waals surface area contributed by atoms with E-state index in [-0.39, 0.29) is 10.9 Å². The summed E-state index contributed by atoms with van der Waals surface area (Å²) >= 11 is 3.25. The molecule has 0 heterocycles. The van der Waals surface area contributed by atoms with Crippen molar-refractivity contribution in [3.05, 3.63) is 28.5 Å². The van der Waals surface area contributed by atoms with Crippen LogP contribution in [0.5, 0.6) is 5.75 Å². The molecule has 0 fully saturated rings. The van der Waals surface area contributed by atoms with Crippen molar-refractivity contribution in [1.29, 1.82) is 0 Å². The molecule has 0 unspecified atom stereocenters. The normalized spacial score (nSPS) is 11.9. The molecule has 1 aromatic carbocycles. The van der Waals surface area contributed by atoms with Crippen LogP contribution in [-0.4, -0.2) is 15.4 Å². The van der Waals surface area contributed by atoms with Crippen LogP contribution in [0.15, 0.2) is 22.7 Å². The summed E-state index contributed by atoms with van der Waals surface area (Å²) in [6, 6.07) is 4.64. The van der Waals surface area contributed by atoms with E-state index in [1.807, 2.05) is 0 Å². The van der Waals surface area contributed by atoms with Crippen molar-refractivity contribution in [3.8, 4) is 5.75 Å². The summed E-state index contributed by atoms with van der Waals surface area (Å²) in [5.41, 5.74) is 0. The van der Waals surface area contributed by atoms with Crippen molar-refractivity contribution < 1.29 is 9.13 Å². The van der Waals surface area contributed by atoms with Crippen molar-refractivity contribution in [2.24, 2.45) is 0 Å². The Bertz CT molecular complexity index is 346. The third kappa shape index (κ3) is 3.90. The monoisotopic (exact) mass is 304 g/mol. The molecule has 0 spiro atoms. The summed E-state index contributed by atoms with van der Waals surface area (Å²) < 4.78 is 19.5. The summed E-state index contributed by atoms with van der Waals surface area (Å²) in [4.78, 5) is 0. The number of rotatable bonds is 4. The van der Waals surface area contributed by atoms with Crippen molar-refractivity contribution in [2.75, 3.05) is 6.61 Å². The molecular weight excluding hydrogens is 287 g/mol. The summed E-state index contributed by atoms with van der Waals surface area (Å²) in [5, 5.41) is 0.221. The van der Waals surface area contributed by atoms with E-state index in [2.05, 4.69) is 42.9 Å². The second-order valence-electron chi connectivity index (χ2n) is 5.04. The molecular formula is C12H18BrFOSi. The third-order valence-electron chi connectivity index (χ3n) is 3.01. The van der Waals surface area contributed by atoms with Crippen LogP contribution in [0.4, 0.5) is 4.39 Å². The molecule has 4 heteroatoms. The van der Waals surface area contributed by atoms with Crippen molar-refractivity contribution in [3.63, 3.8) is 0 Å². The first-order chi connectivity index (χ1) is 7.31. The van der Waals surface area contributed by atoms with E-state index in [1.165, 1.54) is 12.1 Å². The van der Waals surface area contributed by atoms with Crippen LogP contribution < -0.4 is 4.74 Å². The van der Waals surface area contributed by atoms with Gasteiger partial charge in [0.2, 0.25) is 0 Å². The molecule has 0 aliphatic carbocycles. The lowest BCUT2D eigenvalue weighted by Gasteiger charge is -2.28. The highest BCUT2D eigenvalue weighted by Crippen LogP contribution is 2.30. The van der Waals surface area contributed by atoms with E-state index < -0.39 is 8.80 Å². The predicted molar refractivity (Wildman–Crippen MR) is 72.5 cm³/mol. The quantitative estimate of drug-likeness (QED) is 0.756. The minimum Gasteiger partial charge on any atom is -0.493 e. The molecule has 1 aromatic rings. The van der Waals surface area contributed by atoms with Gasteiger partial charge < -0.3 is 4.74 Å². The summed E-state index contributed by atoms with van der Waals surface area (Å²) in [5.74, 6) is 0.318. The Kier molecular flexibility index (Phi) is 4.56. The topological polar surface area (TPSA) is 9.23 Å². The fourth-order valence-corrected chi connectivity index (χ4v) is 1.91. The molecule has 0 amide bonds. The van der Waals surface area contributed by atoms with Crippen molar-refractivity contribution >= 4 is 24.7 Å². The Hall–Kier alpha value is -0.353. The number of benzene rings is 1. The van der Waals surface area contributed by atoms with Gasteiger partial charge in [-0.1, -0.05) is 42.9 Å². The first kappa shape index (κ1) is 13.7. The molecule has 1 rings (SSSR count). The zero-order valence-corrected chi connectivity index (χ0v) is 12.9. The SMILES string of the molecule is C[SiH](C)C(C)(C)COc1cc(F)cc(Br)c1. The number of halogens is 2. The van der Waals surface area contributed by atoms with Gasteiger partial charge >= 0.3 is 0 Å². The molecule has 0 N–H and O–H groups in total. The number of hydrogen-bond acceptors (Lipinski definition) is 1. The highest BCUT2D eigenvalue weighted by atomic mass is 79.9. The number of ether oxygens (including phenoxy) is 1. The third-order valence-corrected chi connectivity index (χ3v) is 6.76.